The van der Waals surface area contributed by atoms with E-state index in [2.05, 4.69) is 17.0 Å². The first kappa shape index (κ1) is 15.0. The van der Waals surface area contributed by atoms with Gasteiger partial charge in [0.2, 0.25) is 0 Å². The number of carboxylic acid groups (broad SMARTS) is 1. The molecule has 1 aromatic carbocycles. The van der Waals surface area contributed by atoms with Crippen LogP contribution in [0.25, 0.3) is 0 Å². The van der Waals surface area contributed by atoms with E-state index in [4.69, 9.17) is 4.74 Å². The van der Waals surface area contributed by atoms with E-state index < -0.39 is 11.9 Å². The van der Waals surface area contributed by atoms with Crippen LogP contribution in [-0.2, 0) is 9.53 Å². The van der Waals surface area contributed by atoms with Crippen molar-refractivity contribution in [3.05, 3.63) is 34.4 Å². The van der Waals surface area contributed by atoms with Crippen molar-refractivity contribution in [2.24, 2.45) is 0 Å². The number of aliphatic carboxylic acids is 1. The van der Waals surface area contributed by atoms with Gasteiger partial charge in [-0.05, 0) is 37.5 Å². The molecule has 20 heavy (non-hydrogen) atoms. The van der Waals surface area contributed by atoms with Crippen molar-refractivity contribution in [1.29, 1.82) is 0 Å². The van der Waals surface area contributed by atoms with Crippen LogP contribution in [0.15, 0.2) is 12.1 Å². The summed E-state index contributed by atoms with van der Waals surface area (Å²) in [6, 6.07) is 4.13. The number of hydrogen-bond donors (Lipinski definition) is 1. The second-order valence-corrected chi connectivity index (χ2v) is 5.62. The standard InChI is InChI=1S/C16H23NO3/c1-11-8-12(2)15(13(3)9-11)14(16(18)19)10-17-4-6-20-7-5-17/h8-9,14H,4-7,10H2,1-3H3,(H,18,19). The molecule has 0 amide bonds. The fourth-order valence-electron chi connectivity index (χ4n) is 3.08. The van der Waals surface area contributed by atoms with Crippen molar-refractivity contribution in [2.75, 3.05) is 32.8 Å². The lowest BCUT2D eigenvalue weighted by Gasteiger charge is -2.30. The molecule has 1 fully saturated rings. The minimum Gasteiger partial charge on any atom is -0.481 e. The van der Waals surface area contributed by atoms with E-state index >= 15 is 0 Å². The first-order valence-electron chi connectivity index (χ1n) is 7.09. The number of hydrogen-bond acceptors (Lipinski definition) is 3. The van der Waals surface area contributed by atoms with Crippen molar-refractivity contribution < 1.29 is 14.6 Å². The Hall–Kier alpha value is -1.39. The number of carbonyl (C=O) groups is 1. The SMILES string of the molecule is Cc1cc(C)c(C(CN2CCOCC2)C(=O)O)c(C)c1. The minimum atomic E-state index is -0.744. The zero-order chi connectivity index (χ0) is 14.7. The van der Waals surface area contributed by atoms with Crippen LogP contribution in [0.3, 0.4) is 0 Å². The predicted molar refractivity (Wildman–Crippen MR) is 78.3 cm³/mol. The Kier molecular flexibility index (Phi) is 4.78. The molecule has 0 aromatic heterocycles. The van der Waals surface area contributed by atoms with Gasteiger partial charge in [0.1, 0.15) is 0 Å². The van der Waals surface area contributed by atoms with Crippen LogP contribution < -0.4 is 0 Å². The van der Waals surface area contributed by atoms with Crippen LogP contribution in [0, 0.1) is 20.8 Å². The average molecular weight is 277 g/mol. The molecule has 1 saturated heterocycles. The molecule has 4 nitrogen and oxygen atoms in total. The van der Waals surface area contributed by atoms with Crippen LogP contribution in [0.1, 0.15) is 28.2 Å². The first-order chi connectivity index (χ1) is 9.49. The molecule has 0 aliphatic carbocycles. The molecule has 1 aliphatic rings. The number of benzene rings is 1. The largest absolute Gasteiger partial charge is 0.481 e. The average Bonchev–Trinajstić information content (AvgIpc) is 2.37. The Bertz CT molecular complexity index is 469. The van der Waals surface area contributed by atoms with E-state index in [1.54, 1.807) is 0 Å². The minimum absolute atomic E-state index is 0.464. The maximum absolute atomic E-state index is 11.7. The Balaban J connectivity index is 2.26. The Morgan fingerprint density at radius 3 is 2.30 bits per heavy atom. The molecule has 1 aliphatic heterocycles. The quantitative estimate of drug-likeness (QED) is 0.916. The van der Waals surface area contributed by atoms with Gasteiger partial charge in [0, 0.05) is 19.6 Å². The fourth-order valence-corrected chi connectivity index (χ4v) is 3.08. The second-order valence-electron chi connectivity index (χ2n) is 5.62. The highest BCUT2D eigenvalue weighted by Crippen LogP contribution is 2.26. The fraction of sp³-hybridized carbons (Fsp3) is 0.562. The third kappa shape index (κ3) is 3.38. The van der Waals surface area contributed by atoms with E-state index in [1.165, 1.54) is 5.56 Å². The van der Waals surface area contributed by atoms with Gasteiger partial charge in [-0.15, -0.1) is 0 Å². The van der Waals surface area contributed by atoms with Crippen LogP contribution >= 0.6 is 0 Å². The number of morpholine rings is 1. The van der Waals surface area contributed by atoms with Gasteiger partial charge in [-0.2, -0.15) is 0 Å². The summed E-state index contributed by atoms with van der Waals surface area (Å²) in [5, 5.41) is 9.62. The predicted octanol–water partition coefficient (Wildman–Crippen LogP) is 2.11. The van der Waals surface area contributed by atoms with E-state index in [0.29, 0.717) is 19.8 Å². The topological polar surface area (TPSA) is 49.8 Å². The smallest absolute Gasteiger partial charge is 0.312 e. The van der Waals surface area contributed by atoms with Crippen LogP contribution in [0.5, 0.6) is 0 Å². The maximum Gasteiger partial charge on any atom is 0.312 e. The van der Waals surface area contributed by atoms with Crippen LogP contribution in [0.4, 0.5) is 0 Å². The molecule has 1 unspecified atom stereocenters. The summed E-state index contributed by atoms with van der Waals surface area (Å²) < 4.78 is 5.32. The lowest BCUT2D eigenvalue weighted by molar-refractivity contribution is -0.139. The summed E-state index contributed by atoms with van der Waals surface area (Å²) >= 11 is 0. The van der Waals surface area contributed by atoms with Gasteiger partial charge in [-0.3, -0.25) is 9.69 Å². The van der Waals surface area contributed by atoms with Crippen molar-refractivity contribution in [3.8, 4) is 0 Å². The van der Waals surface area contributed by atoms with E-state index in [0.717, 1.165) is 29.8 Å². The molecule has 1 N–H and O–H groups in total. The number of aryl methyl sites for hydroxylation is 3. The number of ether oxygens (including phenoxy) is 1. The van der Waals surface area contributed by atoms with Crippen molar-refractivity contribution in [3.63, 3.8) is 0 Å². The highest BCUT2D eigenvalue weighted by molar-refractivity contribution is 5.77. The first-order valence-corrected chi connectivity index (χ1v) is 7.09. The molecule has 0 saturated carbocycles. The van der Waals surface area contributed by atoms with Gasteiger partial charge < -0.3 is 9.84 Å². The van der Waals surface area contributed by atoms with Gasteiger partial charge in [-0.25, -0.2) is 0 Å². The third-order valence-electron chi connectivity index (χ3n) is 3.93. The number of nitrogens with zero attached hydrogens (tertiary/aromatic N) is 1. The molecule has 1 aromatic rings. The van der Waals surface area contributed by atoms with Crippen LogP contribution in [0.2, 0.25) is 0 Å². The molecule has 4 heteroatoms. The summed E-state index contributed by atoms with van der Waals surface area (Å²) in [5.74, 6) is -1.21. The zero-order valence-corrected chi connectivity index (χ0v) is 12.5. The summed E-state index contributed by atoms with van der Waals surface area (Å²) in [6.07, 6.45) is 0. The molecule has 0 radical (unpaired) electrons. The lowest BCUT2D eigenvalue weighted by atomic mass is 9.89. The molecule has 1 atom stereocenters. The van der Waals surface area contributed by atoms with Crippen molar-refractivity contribution in [1.82, 2.24) is 4.90 Å². The summed E-state index contributed by atoms with van der Waals surface area (Å²) in [6.45, 7) is 9.62. The molecule has 110 valence electrons. The molecular formula is C16H23NO3. The van der Waals surface area contributed by atoms with Crippen molar-refractivity contribution >= 4 is 5.97 Å². The molecule has 1 heterocycles. The molecule has 0 bridgehead atoms. The Morgan fingerprint density at radius 2 is 1.80 bits per heavy atom. The lowest BCUT2D eigenvalue weighted by Crippen LogP contribution is -2.40. The van der Waals surface area contributed by atoms with Gasteiger partial charge in [-0.1, -0.05) is 17.7 Å². The van der Waals surface area contributed by atoms with Gasteiger partial charge in [0.15, 0.2) is 0 Å². The maximum atomic E-state index is 11.7. The normalized spacial score (nSPS) is 17.9. The van der Waals surface area contributed by atoms with Gasteiger partial charge in [0.05, 0.1) is 19.1 Å². The second kappa shape index (κ2) is 6.37. The van der Waals surface area contributed by atoms with E-state index in [9.17, 15) is 9.90 Å². The number of rotatable bonds is 4. The monoisotopic (exact) mass is 277 g/mol. The summed E-state index contributed by atoms with van der Waals surface area (Å²) in [5.41, 5.74) is 4.29. The molecular weight excluding hydrogens is 254 g/mol. The zero-order valence-electron chi connectivity index (χ0n) is 12.5. The molecule has 0 spiro atoms. The Labute approximate surface area is 120 Å². The van der Waals surface area contributed by atoms with Gasteiger partial charge >= 0.3 is 5.97 Å². The van der Waals surface area contributed by atoms with E-state index in [1.807, 2.05) is 20.8 Å². The Morgan fingerprint density at radius 1 is 1.25 bits per heavy atom. The summed E-state index contributed by atoms with van der Waals surface area (Å²) in [4.78, 5) is 13.9. The third-order valence-corrected chi connectivity index (χ3v) is 3.93. The highest BCUT2D eigenvalue weighted by atomic mass is 16.5. The number of carboxylic acids is 1. The summed E-state index contributed by atoms with van der Waals surface area (Å²) in [7, 11) is 0. The van der Waals surface area contributed by atoms with Gasteiger partial charge in [0.25, 0.3) is 0 Å². The van der Waals surface area contributed by atoms with Crippen LogP contribution in [-0.4, -0.2) is 48.8 Å². The highest BCUT2D eigenvalue weighted by Gasteiger charge is 2.26. The van der Waals surface area contributed by atoms with Crippen molar-refractivity contribution in [2.45, 2.75) is 26.7 Å². The molecule has 2 rings (SSSR count). The van der Waals surface area contributed by atoms with E-state index in [-0.39, 0.29) is 0 Å².